The quantitative estimate of drug-likeness (QED) is 0.783. The molecule has 3 rings (SSSR count). The number of thioether (sulfide) groups is 1. The summed E-state index contributed by atoms with van der Waals surface area (Å²) in [6.45, 7) is 2.79. The van der Waals surface area contributed by atoms with Crippen LogP contribution in [0.15, 0.2) is 32.6 Å². The van der Waals surface area contributed by atoms with Gasteiger partial charge in [-0.05, 0) is 36.9 Å². The first-order valence-electron chi connectivity index (χ1n) is 5.68. The number of hydrogen-bond donors (Lipinski definition) is 0. The van der Waals surface area contributed by atoms with Crippen molar-refractivity contribution in [3.8, 4) is 0 Å². The average molecular weight is 327 g/mol. The molecule has 6 heteroatoms. The number of carbonyl (C=O) groups is 1. The van der Waals surface area contributed by atoms with Gasteiger partial charge in [0.05, 0.1) is 18.8 Å². The van der Waals surface area contributed by atoms with Crippen LogP contribution in [0.1, 0.15) is 6.92 Å². The van der Waals surface area contributed by atoms with Gasteiger partial charge in [-0.1, -0.05) is 15.9 Å². The van der Waals surface area contributed by atoms with Crippen LogP contribution in [-0.2, 0) is 9.53 Å². The number of aliphatic imine (C=N–C) groups is 1. The molecule has 94 valence electrons. The summed E-state index contributed by atoms with van der Waals surface area (Å²) in [6.07, 6.45) is 0. The van der Waals surface area contributed by atoms with Gasteiger partial charge in [-0.25, -0.2) is 9.79 Å². The standard InChI is InChI=1S/C12H11BrN2O2S/c1-2-17-11(16)8-6-15-9-4-3-7(13)5-10(9)18-12(15)14-8/h3-5,8H,2,6H2,1H3. The lowest BCUT2D eigenvalue weighted by Crippen LogP contribution is -2.30. The highest BCUT2D eigenvalue weighted by atomic mass is 79.9. The molecule has 0 aromatic heterocycles. The van der Waals surface area contributed by atoms with Gasteiger partial charge in [0.2, 0.25) is 0 Å². The minimum atomic E-state index is -0.385. The zero-order valence-corrected chi connectivity index (χ0v) is 12.1. The Kier molecular flexibility index (Phi) is 3.07. The Balaban J connectivity index is 1.84. The first kappa shape index (κ1) is 12.0. The van der Waals surface area contributed by atoms with E-state index < -0.39 is 0 Å². The molecule has 2 heterocycles. The Labute approximate surface area is 118 Å². The minimum absolute atomic E-state index is 0.237. The largest absolute Gasteiger partial charge is 0.464 e. The molecule has 1 unspecified atom stereocenters. The second-order valence-electron chi connectivity index (χ2n) is 4.00. The number of anilines is 1. The zero-order chi connectivity index (χ0) is 12.7. The number of halogens is 1. The Bertz CT molecular complexity index is 547. The maximum atomic E-state index is 11.7. The Hall–Kier alpha value is -1.01. The highest BCUT2D eigenvalue weighted by molar-refractivity contribution is 9.10. The van der Waals surface area contributed by atoms with Crippen molar-refractivity contribution in [2.75, 3.05) is 18.1 Å². The molecular formula is C12H11BrN2O2S. The van der Waals surface area contributed by atoms with Crippen molar-refractivity contribution >= 4 is 44.5 Å². The number of hydrogen-bond acceptors (Lipinski definition) is 5. The molecule has 4 nitrogen and oxygen atoms in total. The second kappa shape index (κ2) is 4.59. The van der Waals surface area contributed by atoms with Crippen molar-refractivity contribution < 1.29 is 9.53 Å². The summed E-state index contributed by atoms with van der Waals surface area (Å²) in [7, 11) is 0. The number of rotatable bonds is 2. The van der Waals surface area contributed by atoms with Gasteiger partial charge in [-0.3, -0.25) is 0 Å². The fourth-order valence-electron chi connectivity index (χ4n) is 2.03. The van der Waals surface area contributed by atoms with E-state index in [-0.39, 0.29) is 12.0 Å². The van der Waals surface area contributed by atoms with Crippen LogP contribution in [0.4, 0.5) is 5.69 Å². The Morgan fingerprint density at radius 2 is 2.50 bits per heavy atom. The molecule has 0 amide bonds. The van der Waals surface area contributed by atoms with Crippen molar-refractivity contribution in [2.24, 2.45) is 4.99 Å². The van der Waals surface area contributed by atoms with Crippen LogP contribution in [0.3, 0.4) is 0 Å². The molecule has 0 spiro atoms. The van der Waals surface area contributed by atoms with Gasteiger partial charge >= 0.3 is 5.97 Å². The molecule has 1 atom stereocenters. The summed E-state index contributed by atoms with van der Waals surface area (Å²) in [6, 6.07) is 5.73. The van der Waals surface area contributed by atoms with Crippen molar-refractivity contribution in [1.82, 2.24) is 0 Å². The van der Waals surface area contributed by atoms with Crippen molar-refractivity contribution in [3.05, 3.63) is 22.7 Å². The Morgan fingerprint density at radius 3 is 3.28 bits per heavy atom. The maximum absolute atomic E-state index is 11.7. The molecule has 0 radical (unpaired) electrons. The van der Waals surface area contributed by atoms with Gasteiger partial charge in [0.25, 0.3) is 0 Å². The normalized spacial score (nSPS) is 20.4. The van der Waals surface area contributed by atoms with E-state index in [4.69, 9.17) is 4.74 Å². The fraction of sp³-hybridized carbons (Fsp3) is 0.333. The van der Waals surface area contributed by atoms with Crippen LogP contribution in [0, 0.1) is 0 Å². The lowest BCUT2D eigenvalue weighted by molar-refractivity contribution is -0.144. The molecule has 0 N–H and O–H groups in total. The molecule has 1 aromatic rings. The number of esters is 1. The smallest absolute Gasteiger partial charge is 0.332 e. The van der Waals surface area contributed by atoms with Crippen molar-refractivity contribution in [1.29, 1.82) is 0 Å². The Morgan fingerprint density at radius 1 is 1.67 bits per heavy atom. The number of benzene rings is 1. The molecule has 0 saturated carbocycles. The van der Waals surface area contributed by atoms with Gasteiger partial charge < -0.3 is 9.64 Å². The van der Waals surface area contributed by atoms with Gasteiger partial charge in [-0.15, -0.1) is 0 Å². The van der Waals surface area contributed by atoms with Crippen molar-refractivity contribution in [3.63, 3.8) is 0 Å². The van der Waals surface area contributed by atoms with Gasteiger partial charge in [0.15, 0.2) is 11.2 Å². The van der Waals surface area contributed by atoms with Gasteiger partial charge in [0.1, 0.15) is 0 Å². The summed E-state index contributed by atoms with van der Waals surface area (Å²) in [5, 5.41) is 0.890. The average Bonchev–Trinajstić information content (AvgIpc) is 2.85. The van der Waals surface area contributed by atoms with E-state index >= 15 is 0 Å². The fourth-order valence-corrected chi connectivity index (χ4v) is 3.68. The SMILES string of the molecule is CCOC(=O)C1CN2C(=N1)Sc1cc(Br)ccc12. The van der Waals surface area contributed by atoms with Gasteiger partial charge in [0, 0.05) is 9.37 Å². The predicted octanol–water partition coefficient (Wildman–Crippen LogP) is 2.66. The number of amidine groups is 1. The lowest BCUT2D eigenvalue weighted by Gasteiger charge is -2.14. The monoisotopic (exact) mass is 326 g/mol. The molecule has 1 aromatic carbocycles. The van der Waals surface area contributed by atoms with E-state index in [0.29, 0.717) is 13.2 Å². The molecule has 2 aliphatic rings. The van der Waals surface area contributed by atoms with Crippen molar-refractivity contribution in [2.45, 2.75) is 17.9 Å². The molecule has 18 heavy (non-hydrogen) atoms. The van der Waals surface area contributed by atoms with E-state index in [1.807, 2.05) is 19.1 Å². The summed E-state index contributed by atoms with van der Waals surface area (Å²) < 4.78 is 6.06. The zero-order valence-electron chi connectivity index (χ0n) is 9.72. The predicted molar refractivity (Wildman–Crippen MR) is 75.2 cm³/mol. The third kappa shape index (κ3) is 1.93. The number of carbonyl (C=O) groups excluding carboxylic acids is 1. The molecule has 0 fully saturated rings. The minimum Gasteiger partial charge on any atom is -0.464 e. The molecule has 0 bridgehead atoms. The summed E-state index contributed by atoms with van der Waals surface area (Å²) >= 11 is 5.05. The van der Waals surface area contributed by atoms with Gasteiger partial charge in [-0.2, -0.15) is 0 Å². The van der Waals surface area contributed by atoms with E-state index in [2.05, 4.69) is 31.9 Å². The van der Waals surface area contributed by atoms with Crippen LogP contribution in [0.2, 0.25) is 0 Å². The topological polar surface area (TPSA) is 41.9 Å². The molecule has 0 aliphatic carbocycles. The maximum Gasteiger partial charge on any atom is 0.332 e. The molecule has 0 saturated heterocycles. The van der Waals surface area contributed by atoms with Crippen LogP contribution in [0.25, 0.3) is 0 Å². The van der Waals surface area contributed by atoms with E-state index in [9.17, 15) is 4.79 Å². The van der Waals surface area contributed by atoms with E-state index in [0.717, 1.165) is 15.3 Å². The number of ether oxygens (including phenoxy) is 1. The highest BCUT2D eigenvalue weighted by Crippen LogP contribution is 2.44. The summed E-state index contributed by atoms with van der Waals surface area (Å²) in [4.78, 5) is 19.3. The lowest BCUT2D eigenvalue weighted by atomic mass is 10.2. The molecule has 2 aliphatic heterocycles. The summed E-state index contributed by atoms with van der Waals surface area (Å²) in [5.74, 6) is -0.237. The second-order valence-corrected chi connectivity index (χ2v) is 5.93. The van der Waals surface area contributed by atoms with E-state index in [1.54, 1.807) is 11.8 Å². The first-order chi connectivity index (χ1) is 8.69. The number of fused-ring (bicyclic) bond motifs is 3. The van der Waals surface area contributed by atoms with E-state index in [1.165, 1.54) is 4.90 Å². The van der Waals surface area contributed by atoms with Crippen LogP contribution in [-0.4, -0.2) is 30.3 Å². The third-order valence-corrected chi connectivity index (χ3v) is 4.37. The first-order valence-corrected chi connectivity index (χ1v) is 7.29. The molecular weight excluding hydrogens is 316 g/mol. The third-order valence-electron chi connectivity index (χ3n) is 2.83. The van der Waals surface area contributed by atoms with Crippen LogP contribution in [0.5, 0.6) is 0 Å². The number of nitrogens with zero attached hydrogens (tertiary/aromatic N) is 2. The van der Waals surface area contributed by atoms with Crippen LogP contribution < -0.4 is 4.90 Å². The summed E-state index contributed by atoms with van der Waals surface area (Å²) in [5.41, 5.74) is 1.12. The van der Waals surface area contributed by atoms with Crippen LogP contribution >= 0.6 is 27.7 Å². The highest BCUT2D eigenvalue weighted by Gasteiger charge is 2.37.